The van der Waals surface area contributed by atoms with Crippen LogP contribution in [0, 0.1) is 0 Å². The Hall–Kier alpha value is -2.85. The SMILES string of the molecule is CN1CCN(c2ccc(-c3cc4ccc5cnccc5c4[nH]3)cc2)CC1. The van der Waals surface area contributed by atoms with E-state index in [0.29, 0.717) is 0 Å². The second kappa shape index (κ2) is 6.15. The summed E-state index contributed by atoms with van der Waals surface area (Å²) in [7, 11) is 2.19. The van der Waals surface area contributed by atoms with Crippen molar-refractivity contribution in [3.05, 3.63) is 60.9 Å². The Kier molecular flexibility index (Phi) is 3.64. The number of nitrogens with zero attached hydrogens (tertiary/aromatic N) is 3. The Morgan fingerprint density at radius 1 is 0.885 bits per heavy atom. The van der Waals surface area contributed by atoms with Gasteiger partial charge in [-0.25, -0.2) is 0 Å². The predicted molar refractivity (Wildman–Crippen MR) is 109 cm³/mol. The predicted octanol–water partition coefficient (Wildman–Crippen LogP) is 4.13. The number of aromatic amines is 1. The molecule has 1 N–H and O–H groups in total. The maximum atomic E-state index is 4.22. The molecule has 1 fully saturated rings. The van der Waals surface area contributed by atoms with Gasteiger partial charge in [-0.3, -0.25) is 4.98 Å². The molecule has 0 atom stereocenters. The topological polar surface area (TPSA) is 35.2 Å². The molecule has 0 amide bonds. The van der Waals surface area contributed by atoms with Crippen LogP contribution >= 0.6 is 0 Å². The van der Waals surface area contributed by atoms with Crippen molar-refractivity contribution >= 4 is 27.4 Å². The lowest BCUT2D eigenvalue weighted by Crippen LogP contribution is -2.44. The van der Waals surface area contributed by atoms with Crippen molar-refractivity contribution in [1.29, 1.82) is 0 Å². The molecule has 1 aliphatic rings. The molecule has 2 aromatic carbocycles. The van der Waals surface area contributed by atoms with Gasteiger partial charge in [0.25, 0.3) is 0 Å². The molecule has 0 unspecified atom stereocenters. The summed E-state index contributed by atoms with van der Waals surface area (Å²) < 4.78 is 0. The van der Waals surface area contributed by atoms with Gasteiger partial charge in [0, 0.05) is 66.1 Å². The zero-order valence-electron chi connectivity index (χ0n) is 14.9. The molecular formula is C22H22N4. The normalized spacial score (nSPS) is 15.8. The third-order valence-electron chi connectivity index (χ3n) is 5.46. The maximum Gasteiger partial charge on any atom is 0.0539 e. The Balaban J connectivity index is 1.49. The molecule has 2 aromatic heterocycles. The van der Waals surface area contributed by atoms with Crippen LogP contribution in [0.25, 0.3) is 32.9 Å². The minimum Gasteiger partial charge on any atom is -0.369 e. The van der Waals surface area contributed by atoms with E-state index in [1.54, 1.807) is 0 Å². The van der Waals surface area contributed by atoms with Crippen LogP contribution < -0.4 is 4.90 Å². The lowest BCUT2D eigenvalue weighted by atomic mass is 10.1. The van der Waals surface area contributed by atoms with E-state index >= 15 is 0 Å². The fourth-order valence-corrected chi connectivity index (χ4v) is 3.84. The first kappa shape index (κ1) is 15.4. The van der Waals surface area contributed by atoms with E-state index in [9.17, 15) is 0 Å². The molecule has 130 valence electrons. The number of rotatable bonds is 2. The maximum absolute atomic E-state index is 4.22. The fraction of sp³-hybridized carbons (Fsp3) is 0.227. The lowest BCUT2D eigenvalue weighted by molar-refractivity contribution is 0.313. The molecule has 1 saturated heterocycles. The summed E-state index contributed by atoms with van der Waals surface area (Å²) >= 11 is 0. The highest BCUT2D eigenvalue weighted by Crippen LogP contribution is 2.30. The number of pyridine rings is 1. The summed E-state index contributed by atoms with van der Waals surface area (Å²) in [5.41, 5.74) is 4.88. The molecule has 0 aliphatic carbocycles. The van der Waals surface area contributed by atoms with Crippen LogP contribution in [0.2, 0.25) is 0 Å². The summed E-state index contributed by atoms with van der Waals surface area (Å²) in [6, 6.07) is 17.6. The second-order valence-corrected chi connectivity index (χ2v) is 7.15. The third-order valence-corrected chi connectivity index (χ3v) is 5.46. The van der Waals surface area contributed by atoms with Gasteiger partial charge < -0.3 is 14.8 Å². The Labute approximate surface area is 153 Å². The molecule has 4 nitrogen and oxygen atoms in total. The van der Waals surface area contributed by atoms with Crippen LogP contribution in [-0.2, 0) is 0 Å². The van der Waals surface area contributed by atoms with Gasteiger partial charge in [0.15, 0.2) is 0 Å². The van der Waals surface area contributed by atoms with Crippen LogP contribution in [0.1, 0.15) is 0 Å². The highest BCUT2D eigenvalue weighted by Gasteiger charge is 2.14. The van der Waals surface area contributed by atoms with Gasteiger partial charge in [0.05, 0.1) is 5.52 Å². The first-order valence-corrected chi connectivity index (χ1v) is 9.17. The molecule has 5 rings (SSSR count). The van der Waals surface area contributed by atoms with Crippen molar-refractivity contribution < 1.29 is 0 Å². The average molecular weight is 342 g/mol. The molecule has 4 heteroatoms. The molecule has 0 saturated carbocycles. The largest absolute Gasteiger partial charge is 0.369 e. The van der Waals surface area contributed by atoms with Gasteiger partial charge in [0.1, 0.15) is 0 Å². The van der Waals surface area contributed by atoms with E-state index in [1.165, 1.54) is 32.9 Å². The number of hydrogen-bond donors (Lipinski definition) is 1. The molecule has 3 heterocycles. The molecule has 0 radical (unpaired) electrons. The molecule has 1 aliphatic heterocycles. The number of likely N-dealkylation sites (N-methyl/N-ethyl adjacent to an activating group) is 1. The van der Waals surface area contributed by atoms with E-state index in [4.69, 9.17) is 0 Å². The molecule has 0 spiro atoms. The summed E-state index contributed by atoms with van der Waals surface area (Å²) in [6.45, 7) is 4.46. The minimum atomic E-state index is 1.10. The van der Waals surface area contributed by atoms with Gasteiger partial charge >= 0.3 is 0 Å². The number of H-pyrrole nitrogens is 1. The van der Waals surface area contributed by atoms with Gasteiger partial charge in [-0.15, -0.1) is 0 Å². The Morgan fingerprint density at radius 2 is 1.65 bits per heavy atom. The smallest absolute Gasteiger partial charge is 0.0539 e. The van der Waals surface area contributed by atoms with E-state index in [2.05, 4.69) is 75.3 Å². The summed E-state index contributed by atoms with van der Waals surface area (Å²) in [4.78, 5) is 12.7. The van der Waals surface area contributed by atoms with E-state index < -0.39 is 0 Å². The number of anilines is 1. The molecule has 26 heavy (non-hydrogen) atoms. The van der Waals surface area contributed by atoms with Crippen molar-refractivity contribution in [3.8, 4) is 11.3 Å². The molecule has 4 aromatic rings. The highest BCUT2D eigenvalue weighted by molar-refractivity contribution is 6.06. The van der Waals surface area contributed by atoms with Gasteiger partial charge in [-0.05, 0) is 36.9 Å². The summed E-state index contributed by atoms with van der Waals surface area (Å²) in [5.74, 6) is 0. The average Bonchev–Trinajstić information content (AvgIpc) is 3.14. The second-order valence-electron chi connectivity index (χ2n) is 7.15. The van der Waals surface area contributed by atoms with Crippen LogP contribution in [0.15, 0.2) is 60.9 Å². The van der Waals surface area contributed by atoms with Crippen molar-refractivity contribution in [2.75, 3.05) is 38.1 Å². The van der Waals surface area contributed by atoms with Gasteiger partial charge in [-0.2, -0.15) is 0 Å². The van der Waals surface area contributed by atoms with Crippen LogP contribution in [0.5, 0.6) is 0 Å². The lowest BCUT2D eigenvalue weighted by Gasteiger charge is -2.34. The summed E-state index contributed by atoms with van der Waals surface area (Å²) in [6.07, 6.45) is 3.77. The standard InChI is InChI=1S/C22H22N4/c1-25-10-12-26(13-11-25)19-6-4-16(5-7-19)21-14-17-2-3-18-15-23-9-8-20(18)22(17)24-21/h2-9,14-15,24H,10-13H2,1H3. The van der Waals surface area contributed by atoms with Crippen molar-refractivity contribution in [2.24, 2.45) is 0 Å². The van der Waals surface area contributed by atoms with E-state index in [0.717, 1.165) is 31.9 Å². The molecular weight excluding hydrogens is 320 g/mol. The Morgan fingerprint density at radius 3 is 2.46 bits per heavy atom. The van der Waals surface area contributed by atoms with Crippen molar-refractivity contribution in [1.82, 2.24) is 14.9 Å². The van der Waals surface area contributed by atoms with Gasteiger partial charge in [-0.1, -0.05) is 24.3 Å². The third kappa shape index (κ3) is 2.63. The first-order chi connectivity index (χ1) is 12.8. The van der Waals surface area contributed by atoms with Crippen LogP contribution in [-0.4, -0.2) is 48.1 Å². The Bertz CT molecular complexity index is 1060. The monoisotopic (exact) mass is 342 g/mol. The summed E-state index contributed by atoms with van der Waals surface area (Å²) in [5, 5.41) is 3.62. The number of fused-ring (bicyclic) bond motifs is 3. The van der Waals surface area contributed by atoms with Crippen LogP contribution in [0.3, 0.4) is 0 Å². The zero-order chi connectivity index (χ0) is 17.5. The number of aromatic nitrogens is 2. The minimum absolute atomic E-state index is 1.10. The number of hydrogen-bond acceptors (Lipinski definition) is 3. The molecule has 0 bridgehead atoms. The quantitative estimate of drug-likeness (QED) is 0.595. The van der Waals surface area contributed by atoms with Crippen LogP contribution in [0.4, 0.5) is 5.69 Å². The number of benzene rings is 2. The fourth-order valence-electron chi connectivity index (χ4n) is 3.84. The van der Waals surface area contributed by atoms with E-state index in [1.807, 2.05) is 12.4 Å². The van der Waals surface area contributed by atoms with Gasteiger partial charge in [0.2, 0.25) is 0 Å². The van der Waals surface area contributed by atoms with E-state index in [-0.39, 0.29) is 0 Å². The first-order valence-electron chi connectivity index (χ1n) is 9.17. The van der Waals surface area contributed by atoms with Crippen molar-refractivity contribution in [3.63, 3.8) is 0 Å². The number of nitrogens with one attached hydrogen (secondary N) is 1. The number of piperazine rings is 1. The van der Waals surface area contributed by atoms with Crippen molar-refractivity contribution in [2.45, 2.75) is 0 Å². The highest BCUT2D eigenvalue weighted by atomic mass is 15.2. The zero-order valence-corrected chi connectivity index (χ0v) is 14.9.